The normalized spacial score (nSPS) is 17.0. The zero-order valence-corrected chi connectivity index (χ0v) is 18.5. The van der Waals surface area contributed by atoms with Crippen LogP contribution in [0, 0.1) is 11.3 Å². The van der Waals surface area contributed by atoms with Crippen molar-refractivity contribution in [1.29, 1.82) is 0 Å². The van der Waals surface area contributed by atoms with Crippen molar-refractivity contribution in [2.24, 2.45) is 11.3 Å². The summed E-state index contributed by atoms with van der Waals surface area (Å²) in [5, 5.41) is 17.0. The van der Waals surface area contributed by atoms with Gasteiger partial charge in [-0.25, -0.2) is 4.79 Å². The lowest BCUT2D eigenvalue weighted by molar-refractivity contribution is -0.145. The summed E-state index contributed by atoms with van der Waals surface area (Å²) in [7, 11) is 0. The van der Waals surface area contributed by atoms with Gasteiger partial charge in [-0.05, 0) is 41.0 Å². The molecule has 0 heterocycles. The standard InChI is InChI=1S/C25H32N2O4/c1-25(2,3)21(24(30)31)27-23(29)20(17-11-5-4-6-12-17)26-22(28)19-15-9-13-16-10-7-8-14-18(16)19/h7-10,13-15,17,20-21H,4-6,11-12H2,1-3H3,(H,26,28)(H,27,29)(H,30,31)/t20-,21+/m0/s1. The van der Waals surface area contributed by atoms with Gasteiger partial charge in [0.15, 0.2) is 0 Å². The first-order chi connectivity index (χ1) is 14.7. The van der Waals surface area contributed by atoms with Crippen molar-refractivity contribution in [1.82, 2.24) is 10.6 Å². The SMILES string of the molecule is CC(C)(C)[C@H](NC(=O)[C@@H](NC(=O)c1cccc2ccccc12)C1CCCCC1)C(=O)O. The van der Waals surface area contributed by atoms with Gasteiger partial charge in [-0.1, -0.05) is 76.4 Å². The van der Waals surface area contributed by atoms with Crippen LogP contribution in [0.15, 0.2) is 42.5 Å². The highest BCUT2D eigenvalue weighted by molar-refractivity contribution is 6.08. The molecule has 2 aromatic rings. The summed E-state index contributed by atoms with van der Waals surface area (Å²) in [5.41, 5.74) is -0.143. The van der Waals surface area contributed by atoms with Gasteiger partial charge in [0.2, 0.25) is 5.91 Å². The van der Waals surface area contributed by atoms with E-state index in [9.17, 15) is 19.5 Å². The molecular formula is C25H32N2O4. The number of amides is 2. The fourth-order valence-electron chi connectivity index (χ4n) is 4.39. The number of carboxylic acid groups (broad SMARTS) is 1. The third kappa shape index (κ3) is 5.43. The van der Waals surface area contributed by atoms with Crippen molar-refractivity contribution >= 4 is 28.6 Å². The number of carbonyl (C=O) groups is 3. The van der Waals surface area contributed by atoms with Gasteiger partial charge < -0.3 is 15.7 Å². The van der Waals surface area contributed by atoms with E-state index in [0.29, 0.717) is 5.56 Å². The molecule has 0 unspecified atom stereocenters. The largest absolute Gasteiger partial charge is 0.480 e. The number of benzene rings is 2. The van der Waals surface area contributed by atoms with E-state index in [1.165, 1.54) is 0 Å². The Morgan fingerprint density at radius 3 is 2.23 bits per heavy atom. The molecule has 1 saturated carbocycles. The van der Waals surface area contributed by atoms with Gasteiger partial charge >= 0.3 is 5.97 Å². The summed E-state index contributed by atoms with van der Waals surface area (Å²) in [4.78, 5) is 38.2. The van der Waals surface area contributed by atoms with Crippen LogP contribution in [0.3, 0.4) is 0 Å². The van der Waals surface area contributed by atoms with Gasteiger partial charge in [0, 0.05) is 5.56 Å². The second-order valence-electron chi connectivity index (χ2n) is 9.52. The van der Waals surface area contributed by atoms with Crippen LogP contribution in [-0.2, 0) is 9.59 Å². The Hall–Kier alpha value is -2.89. The molecule has 0 aromatic heterocycles. The summed E-state index contributed by atoms with van der Waals surface area (Å²) >= 11 is 0. The maximum absolute atomic E-state index is 13.2. The Kier molecular flexibility index (Phi) is 6.98. The minimum atomic E-state index is -1.08. The Balaban J connectivity index is 1.87. The maximum Gasteiger partial charge on any atom is 0.326 e. The van der Waals surface area contributed by atoms with Crippen LogP contribution in [0.25, 0.3) is 10.8 Å². The number of aliphatic carboxylic acids is 1. The van der Waals surface area contributed by atoms with E-state index in [-0.39, 0.29) is 11.8 Å². The molecule has 166 valence electrons. The topological polar surface area (TPSA) is 95.5 Å². The third-order valence-corrected chi connectivity index (χ3v) is 6.12. The number of nitrogens with one attached hydrogen (secondary N) is 2. The van der Waals surface area contributed by atoms with Gasteiger partial charge in [0.05, 0.1) is 0 Å². The van der Waals surface area contributed by atoms with Crippen LogP contribution >= 0.6 is 0 Å². The molecule has 2 amide bonds. The number of carboxylic acids is 1. The average molecular weight is 425 g/mol. The number of fused-ring (bicyclic) bond motifs is 1. The zero-order chi connectivity index (χ0) is 22.6. The first kappa shape index (κ1) is 22.8. The number of hydrogen-bond acceptors (Lipinski definition) is 3. The van der Waals surface area contributed by atoms with E-state index < -0.39 is 29.4 Å². The molecule has 1 aliphatic carbocycles. The summed E-state index contributed by atoms with van der Waals surface area (Å²) in [6.07, 6.45) is 4.78. The highest BCUT2D eigenvalue weighted by Crippen LogP contribution is 2.28. The molecule has 3 rings (SSSR count). The minimum absolute atomic E-state index is 0.0120. The lowest BCUT2D eigenvalue weighted by Gasteiger charge is -2.33. The van der Waals surface area contributed by atoms with E-state index in [1.54, 1.807) is 26.8 Å². The van der Waals surface area contributed by atoms with Gasteiger partial charge in [-0.3, -0.25) is 9.59 Å². The van der Waals surface area contributed by atoms with E-state index in [0.717, 1.165) is 42.9 Å². The molecule has 0 bridgehead atoms. The number of carbonyl (C=O) groups excluding carboxylic acids is 2. The fraction of sp³-hybridized carbons (Fsp3) is 0.480. The predicted molar refractivity (Wildman–Crippen MR) is 121 cm³/mol. The number of hydrogen-bond donors (Lipinski definition) is 3. The first-order valence-corrected chi connectivity index (χ1v) is 11.0. The second-order valence-corrected chi connectivity index (χ2v) is 9.52. The summed E-state index contributed by atoms with van der Waals surface area (Å²) < 4.78 is 0. The van der Waals surface area contributed by atoms with Crippen LogP contribution in [0.1, 0.15) is 63.2 Å². The Morgan fingerprint density at radius 1 is 0.935 bits per heavy atom. The van der Waals surface area contributed by atoms with E-state index in [4.69, 9.17) is 0 Å². The summed E-state index contributed by atoms with van der Waals surface area (Å²) in [5.74, 6) is -1.83. The highest BCUT2D eigenvalue weighted by Gasteiger charge is 2.37. The molecule has 0 aliphatic heterocycles. The van der Waals surface area contributed by atoms with Crippen molar-refractivity contribution < 1.29 is 19.5 Å². The molecule has 3 N–H and O–H groups in total. The Bertz CT molecular complexity index is 952. The van der Waals surface area contributed by atoms with Crippen LogP contribution in [0.2, 0.25) is 0 Å². The van der Waals surface area contributed by atoms with Crippen LogP contribution in [0.5, 0.6) is 0 Å². The smallest absolute Gasteiger partial charge is 0.326 e. The molecule has 2 aromatic carbocycles. The number of rotatable bonds is 6. The predicted octanol–water partition coefficient (Wildman–Crippen LogP) is 4.13. The molecule has 6 heteroatoms. The molecule has 0 radical (unpaired) electrons. The average Bonchev–Trinajstić information content (AvgIpc) is 2.74. The first-order valence-electron chi connectivity index (χ1n) is 11.0. The van der Waals surface area contributed by atoms with Crippen molar-refractivity contribution in [3.63, 3.8) is 0 Å². The molecule has 1 aliphatic rings. The molecule has 31 heavy (non-hydrogen) atoms. The van der Waals surface area contributed by atoms with Gasteiger partial charge in [-0.2, -0.15) is 0 Å². The van der Waals surface area contributed by atoms with Crippen LogP contribution in [-0.4, -0.2) is 35.0 Å². The molecule has 0 spiro atoms. The molecule has 1 fully saturated rings. The van der Waals surface area contributed by atoms with Crippen molar-refractivity contribution in [3.8, 4) is 0 Å². The molecular weight excluding hydrogens is 392 g/mol. The Labute approximate surface area is 183 Å². The second kappa shape index (κ2) is 9.50. The zero-order valence-electron chi connectivity index (χ0n) is 18.5. The highest BCUT2D eigenvalue weighted by atomic mass is 16.4. The van der Waals surface area contributed by atoms with Crippen molar-refractivity contribution in [2.45, 2.75) is 65.0 Å². The van der Waals surface area contributed by atoms with E-state index in [2.05, 4.69) is 10.6 Å². The lowest BCUT2D eigenvalue weighted by Crippen LogP contribution is -2.57. The van der Waals surface area contributed by atoms with Crippen molar-refractivity contribution in [2.75, 3.05) is 0 Å². The lowest BCUT2D eigenvalue weighted by atomic mass is 9.82. The summed E-state index contributed by atoms with van der Waals surface area (Å²) in [6.45, 7) is 5.32. The molecule has 2 atom stereocenters. The third-order valence-electron chi connectivity index (χ3n) is 6.12. The quantitative estimate of drug-likeness (QED) is 0.650. The van der Waals surface area contributed by atoms with Crippen LogP contribution in [0.4, 0.5) is 0 Å². The van der Waals surface area contributed by atoms with Gasteiger partial charge in [0.1, 0.15) is 12.1 Å². The Morgan fingerprint density at radius 2 is 1.58 bits per heavy atom. The van der Waals surface area contributed by atoms with E-state index >= 15 is 0 Å². The minimum Gasteiger partial charge on any atom is -0.480 e. The maximum atomic E-state index is 13.2. The molecule has 6 nitrogen and oxygen atoms in total. The fourth-order valence-corrected chi connectivity index (χ4v) is 4.39. The van der Waals surface area contributed by atoms with Crippen molar-refractivity contribution in [3.05, 3.63) is 48.0 Å². The van der Waals surface area contributed by atoms with E-state index in [1.807, 2.05) is 36.4 Å². The van der Waals surface area contributed by atoms with Gasteiger partial charge in [0.25, 0.3) is 5.91 Å². The molecule has 0 saturated heterocycles. The van der Waals surface area contributed by atoms with Gasteiger partial charge in [-0.15, -0.1) is 0 Å². The monoisotopic (exact) mass is 424 g/mol. The van der Waals surface area contributed by atoms with Crippen LogP contribution < -0.4 is 10.6 Å². The summed E-state index contributed by atoms with van der Waals surface area (Å²) in [6, 6.07) is 11.3.